The zero-order valence-corrected chi connectivity index (χ0v) is 13.7. The number of carbonyl (C=O) groups is 2. The number of Topliss-reactive ketones (excluding diaryl/α,β-unsaturated/α-hetero) is 1. The van der Waals surface area contributed by atoms with Crippen molar-refractivity contribution in [1.29, 1.82) is 0 Å². The summed E-state index contributed by atoms with van der Waals surface area (Å²) in [5.41, 5.74) is 0.910. The summed E-state index contributed by atoms with van der Waals surface area (Å²) in [4.78, 5) is 22.1. The smallest absolute Gasteiger partial charge is 0.316 e. The maximum absolute atomic E-state index is 11.5. The summed E-state index contributed by atoms with van der Waals surface area (Å²) in [7, 11) is 0. The second-order valence-electron chi connectivity index (χ2n) is 5.09. The summed E-state index contributed by atoms with van der Waals surface area (Å²) in [6.45, 7) is 3.71. The molecule has 1 aromatic rings. The lowest BCUT2D eigenvalue weighted by molar-refractivity contribution is -0.136. The van der Waals surface area contributed by atoms with Crippen molar-refractivity contribution >= 4 is 24.4 Å². The molecule has 1 unspecified atom stereocenters. The highest BCUT2D eigenvalue weighted by atomic mass is 32.1. The third kappa shape index (κ3) is 4.94. The Kier molecular flexibility index (Phi) is 7.24. The molecule has 2 N–H and O–H groups in total. The molecule has 0 saturated carbocycles. The zero-order valence-electron chi connectivity index (χ0n) is 12.8. The van der Waals surface area contributed by atoms with E-state index in [2.05, 4.69) is 12.6 Å². The minimum absolute atomic E-state index is 0.0237. The largest absolute Gasteiger partial charge is 0.507 e. The first-order valence-corrected chi connectivity index (χ1v) is 7.79. The van der Waals surface area contributed by atoms with E-state index in [0.717, 1.165) is 6.42 Å². The van der Waals surface area contributed by atoms with Crippen LogP contribution in [0.2, 0.25) is 0 Å². The molecule has 0 aliphatic heterocycles. The van der Waals surface area contributed by atoms with Crippen LogP contribution in [0.4, 0.5) is 0 Å². The van der Waals surface area contributed by atoms with Gasteiger partial charge in [0.25, 0.3) is 0 Å². The SMILES string of the molecule is CCCc1c(OCCCC(S)C(=O)O)ccc(C(C)=O)c1O. The van der Waals surface area contributed by atoms with Gasteiger partial charge in [-0.3, -0.25) is 9.59 Å². The molecule has 0 aliphatic carbocycles. The van der Waals surface area contributed by atoms with Gasteiger partial charge in [0.15, 0.2) is 5.78 Å². The maximum atomic E-state index is 11.5. The maximum Gasteiger partial charge on any atom is 0.316 e. The number of benzene rings is 1. The lowest BCUT2D eigenvalue weighted by atomic mass is 10.0. The normalized spacial score (nSPS) is 12.0. The highest BCUT2D eigenvalue weighted by Crippen LogP contribution is 2.33. The molecule has 0 aromatic heterocycles. The number of carboxylic acid groups (broad SMARTS) is 1. The van der Waals surface area contributed by atoms with Gasteiger partial charge in [0.05, 0.1) is 17.4 Å². The third-order valence-corrected chi connectivity index (χ3v) is 3.76. The highest BCUT2D eigenvalue weighted by molar-refractivity contribution is 7.81. The van der Waals surface area contributed by atoms with E-state index in [9.17, 15) is 14.7 Å². The van der Waals surface area contributed by atoms with Crippen molar-refractivity contribution in [2.45, 2.75) is 44.8 Å². The van der Waals surface area contributed by atoms with Gasteiger partial charge in [-0.25, -0.2) is 0 Å². The summed E-state index contributed by atoms with van der Waals surface area (Å²) in [6, 6.07) is 3.22. The van der Waals surface area contributed by atoms with Gasteiger partial charge in [0, 0.05) is 5.56 Å². The van der Waals surface area contributed by atoms with E-state index >= 15 is 0 Å². The number of ketones is 1. The van der Waals surface area contributed by atoms with Crippen LogP contribution < -0.4 is 4.74 Å². The quantitative estimate of drug-likeness (QED) is 0.369. The molecule has 22 heavy (non-hydrogen) atoms. The Morgan fingerprint density at radius 1 is 1.36 bits per heavy atom. The van der Waals surface area contributed by atoms with Crippen LogP contribution in [0.5, 0.6) is 11.5 Å². The molecule has 6 heteroatoms. The van der Waals surface area contributed by atoms with Crippen LogP contribution in [0, 0.1) is 0 Å². The van der Waals surface area contributed by atoms with E-state index in [-0.39, 0.29) is 17.1 Å². The summed E-state index contributed by atoms with van der Waals surface area (Å²) >= 11 is 3.96. The molecule has 5 nitrogen and oxygen atoms in total. The summed E-state index contributed by atoms with van der Waals surface area (Å²) < 4.78 is 5.64. The molecule has 0 fully saturated rings. The first-order chi connectivity index (χ1) is 10.4. The summed E-state index contributed by atoms with van der Waals surface area (Å²) in [5, 5.41) is 18.2. The van der Waals surface area contributed by atoms with E-state index in [1.807, 2.05) is 6.92 Å². The van der Waals surface area contributed by atoms with Gasteiger partial charge >= 0.3 is 5.97 Å². The molecule has 0 bridgehead atoms. The molecular formula is C16H22O5S. The summed E-state index contributed by atoms with van der Waals surface area (Å²) in [6.07, 6.45) is 2.36. The number of hydrogen-bond acceptors (Lipinski definition) is 5. The Morgan fingerprint density at radius 2 is 2.05 bits per heavy atom. The minimum atomic E-state index is -0.946. The fourth-order valence-corrected chi connectivity index (χ4v) is 2.29. The van der Waals surface area contributed by atoms with Crippen LogP contribution in [-0.2, 0) is 11.2 Å². The van der Waals surface area contributed by atoms with Crippen LogP contribution in [0.3, 0.4) is 0 Å². The van der Waals surface area contributed by atoms with Gasteiger partial charge in [0.1, 0.15) is 11.5 Å². The second kappa shape index (κ2) is 8.68. The van der Waals surface area contributed by atoms with Crippen LogP contribution in [0.1, 0.15) is 49.0 Å². The Morgan fingerprint density at radius 3 is 2.59 bits per heavy atom. The van der Waals surface area contributed by atoms with Crippen LogP contribution >= 0.6 is 12.6 Å². The first-order valence-electron chi connectivity index (χ1n) is 7.27. The molecule has 0 spiro atoms. The minimum Gasteiger partial charge on any atom is -0.507 e. The van der Waals surface area contributed by atoms with E-state index in [4.69, 9.17) is 9.84 Å². The van der Waals surface area contributed by atoms with Gasteiger partial charge in [-0.2, -0.15) is 12.6 Å². The third-order valence-electron chi connectivity index (χ3n) is 3.28. The van der Waals surface area contributed by atoms with Gasteiger partial charge in [-0.15, -0.1) is 0 Å². The molecule has 0 heterocycles. The zero-order chi connectivity index (χ0) is 16.7. The predicted molar refractivity (Wildman–Crippen MR) is 87.2 cm³/mol. The lowest BCUT2D eigenvalue weighted by Gasteiger charge is -2.15. The van der Waals surface area contributed by atoms with E-state index in [1.54, 1.807) is 12.1 Å². The number of aromatic hydroxyl groups is 1. The molecule has 1 aromatic carbocycles. The van der Waals surface area contributed by atoms with Crippen molar-refractivity contribution < 1.29 is 24.5 Å². The average Bonchev–Trinajstić information content (AvgIpc) is 2.46. The van der Waals surface area contributed by atoms with Crippen molar-refractivity contribution in [3.05, 3.63) is 23.3 Å². The molecular weight excluding hydrogens is 304 g/mol. The molecule has 1 rings (SSSR count). The second-order valence-corrected chi connectivity index (χ2v) is 5.71. The summed E-state index contributed by atoms with van der Waals surface area (Å²) in [5.74, 6) is -0.626. The van der Waals surface area contributed by atoms with Gasteiger partial charge in [-0.05, 0) is 38.3 Å². The number of rotatable bonds is 9. The molecule has 0 saturated heterocycles. The predicted octanol–water partition coefficient (Wildman–Crippen LogP) is 3.09. The van der Waals surface area contributed by atoms with Crippen molar-refractivity contribution in [1.82, 2.24) is 0 Å². The van der Waals surface area contributed by atoms with E-state index in [1.165, 1.54) is 6.92 Å². The number of phenolic OH excluding ortho intramolecular Hbond substituents is 1. The van der Waals surface area contributed by atoms with E-state index < -0.39 is 11.2 Å². The topological polar surface area (TPSA) is 83.8 Å². The van der Waals surface area contributed by atoms with Crippen LogP contribution in [0.15, 0.2) is 12.1 Å². The van der Waals surface area contributed by atoms with Crippen molar-refractivity contribution in [2.24, 2.45) is 0 Å². The fourth-order valence-electron chi connectivity index (χ4n) is 2.11. The van der Waals surface area contributed by atoms with Crippen molar-refractivity contribution in [2.75, 3.05) is 6.61 Å². The Labute approximate surface area is 135 Å². The molecule has 122 valence electrons. The average molecular weight is 326 g/mol. The number of hydrogen-bond donors (Lipinski definition) is 3. The number of phenols is 1. The van der Waals surface area contributed by atoms with Gasteiger partial charge in [-0.1, -0.05) is 13.3 Å². The molecule has 0 amide bonds. The molecule has 0 radical (unpaired) electrons. The number of thiol groups is 1. The molecule has 1 atom stereocenters. The van der Waals surface area contributed by atoms with Gasteiger partial charge < -0.3 is 14.9 Å². The highest BCUT2D eigenvalue weighted by Gasteiger charge is 2.16. The monoisotopic (exact) mass is 326 g/mol. The number of carbonyl (C=O) groups excluding carboxylic acids is 1. The Balaban J connectivity index is 2.76. The van der Waals surface area contributed by atoms with Crippen LogP contribution in [0.25, 0.3) is 0 Å². The van der Waals surface area contributed by atoms with E-state index in [0.29, 0.717) is 37.2 Å². The van der Waals surface area contributed by atoms with Crippen molar-refractivity contribution in [3.8, 4) is 11.5 Å². The van der Waals surface area contributed by atoms with Gasteiger partial charge in [0.2, 0.25) is 0 Å². The Bertz CT molecular complexity index is 542. The molecule has 0 aliphatic rings. The fraction of sp³-hybridized carbons (Fsp3) is 0.500. The standard InChI is InChI=1S/C16H22O5S/c1-3-5-12-13(8-7-11(10(2)17)15(12)18)21-9-4-6-14(22)16(19)20/h7-8,14,18,22H,3-6,9H2,1-2H3,(H,19,20). The number of carboxylic acids is 1. The number of aliphatic carboxylic acids is 1. The first kappa shape index (κ1) is 18.4. The Hall–Kier alpha value is -1.69. The number of ether oxygens (including phenoxy) is 1. The lowest BCUT2D eigenvalue weighted by Crippen LogP contribution is -2.14. The van der Waals surface area contributed by atoms with Crippen LogP contribution in [-0.4, -0.2) is 33.8 Å². The van der Waals surface area contributed by atoms with Crippen molar-refractivity contribution in [3.63, 3.8) is 0 Å².